The van der Waals surface area contributed by atoms with E-state index in [1.807, 2.05) is 18.5 Å². The van der Waals surface area contributed by atoms with Gasteiger partial charge in [0, 0.05) is 35.6 Å². The van der Waals surface area contributed by atoms with Crippen LogP contribution < -0.4 is 5.32 Å². The van der Waals surface area contributed by atoms with E-state index < -0.39 is 10.8 Å². The standard InChI is InChI=1S/C17H17ClN6O3/c1-3-23-11(2)13(7-20-23)9-22-10-14(8-19-22)21-17(25)12-4-5-15(18)16(6-12)24(26)27/h4-8,10H,3,9H2,1-2H3,(H,21,25). The predicted octanol–water partition coefficient (Wildman–Crippen LogP) is 3.27. The molecule has 0 aliphatic carbocycles. The fourth-order valence-electron chi connectivity index (χ4n) is 2.65. The number of halogens is 1. The molecule has 0 aliphatic rings. The summed E-state index contributed by atoms with van der Waals surface area (Å²) in [6.07, 6.45) is 5.00. The summed E-state index contributed by atoms with van der Waals surface area (Å²) in [5, 5.41) is 22.1. The number of nitrogens with one attached hydrogen (secondary N) is 1. The number of aromatic nitrogens is 4. The van der Waals surface area contributed by atoms with Crippen molar-refractivity contribution in [3.8, 4) is 0 Å². The molecule has 0 atom stereocenters. The third-order valence-electron chi connectivity index (χ3n) is 4.13. The molecular weight excluding hydrogens is 372 g/mol. The number of nitro benzene ring substituents is 1. The summed E-state index contributed by atoms with van der Waals surface area (Å²) < 4.78 is 3.58. The summed E-state index contributed by atoms with van der Waals surface area (Å²) in [5.74, 6) is -0.482. The molecule has 3 rings (SSSR count). The van der Waals surface area contributed by atoms with Crippen molar-refractivity contribution in [2.24, 2.45) is 0 Å². The van der Waals surface area contributed by atoms with Crippen LogP contribution in [-0.4, -0.2) is 30.4 Å². The Labute approximate surface area is 159 Å². The van der Waals surface area contributed by atoms with Gasteiger partial charge in [-0.05, 0) is 26.0 Å². The Hall–Kier alpha value is -3.20. The van der Waals surface area contributed by atoms with Gasteiger partial charge in [0.1, 0.15) is 5.02 Å². The number of rotatable bonds is 6. The van der Waals surface area contributed by atoms with Crippen LogP contribution in [0.25, 0.3) is 0 Å². The van der Waals surface area contributed by atoms with Crippen LogP contribution in [0.3, 0.4) is 0 Å². The van der Waals surface area contributed by atoms with Crippen LogP contribution >= 0.6 is 11.6 Å². The lowest BCUT2D eigenvalue weighted by Gasteiger charge is -2.04. The number of amides is 1. The van der Waals surface area contributed by atoms with Gasteiger partial charge in [0.15, 0.2) is 0 Å². The van der Waals surface area contributed by atoms with Gasteiger partial charge < -0.3 is 5.32 Å². The first-order valence-electron chi connectivity index (χ1n) is 8.18. The first kappa shape index (κ1) is 18.6. The lowest BCUT2D eigenvalue weighted by molar-refractivity contribution is -0.384. The number of aryl methyl sites for hydroxylation is 1. The van der Waals surface area contributed by atoms with E-state index in [0.717, 1.165) is 23.9 Å². The summed E-state index contributed by atoms with van der Waals surface area (Å²) in [6, 6.07) is 3.90. The van der Waals surface area contributed by atoms with Crippen LogP contribution in [0.2, 0.25) is 5.02 Å². The molecule has 3 aromatic rings. The zero-order valence-corrected chi connectivity index (χ0v) is 15.5. The fraction of sp³-hybridized carbons (Fsp3) is 0.235. The number of nitro groups is 1. The lowest BCUT2D eigenvalue weighted by atomic mass is 10.2. The molecule has 1 N–H and O–H groups in total. The van der Waals surface area contributed by atoms with Crippen molar-refractivity contribution >= 4 is 28.9 Å². The molecule has 0 unspecified atom stereocenters. The number of hydrogen-bond acceptors (Lipinski definition) is 5. The zero-order chi connectivity index (χ0) is 19.6. The molecule has 1 aromatic carbocycles. The first-order chi connectivity index (χ1) is 12.9. The first-order valence-corrected chi connectivity index (χ1v) is 8.56. The van der Waals surface area contributed by atoms with Gasteiger partial charge in [-0.3, -0.25) is 24.3 Å². The molecule has 0 radical (unpaired) electrons. The summed E-state index contributed by atoms with van der Waals surface area (Å²) in [4.78, 5) is 22.7. The van der Waals surface area contributed by atoms with Crippen molar-refractivity contribution < 1.29 is 9.72 Å². The third kappa shape index (κ3) is 3.98. The highest BCUT2D eigenvalue weighted by Crippen LogP contribution is 2.25. The van der Waals surface area contributed by atoms with E-state index in [4.69, 9.17) is 11.6 Å². The maximum Gasteiger partial charge on any atom is 0.288 e. The van der Waals surface area contributed by atoms with Crippen molar-refractivity contribution in [3.05, 3.63) is 68.7 Å². The molecular formula is C17H17ClN6O3. The molecule has 9 nitrogen and oxygen atoms in total. The number of benzene rings is 1. The number of nitrogens with zero attached hydrogens (tertiary/aromatic N) is 5. The molecule has 0 bridgehead atoms. The molecule has 0 spiro atoms. The number of hydrogen-bond donors (Lipinski definition) is 1. The average molecular weight is 389 g/mol. The molecule has 140 valence electrons. The molecule has 0 saturated carbocycles. The second-order valence-electron chi connectivity index (χ2n) is 5.87. The van der Waals surface area contributed by atoms with E-state index in [-0.39, 0.29) is 16.3 Å². The quantitative estimate of drug-likeness (QED) is 0.515. The molecule has 2 aromatic heterocycles. The van der Waals surface area contributed by atoms with E-state index in [0.29, 0.717) is 12.2 Å². The number of anilines is 1. The Kier molecular flexibility index (Phi) is 5.22. The summed E-state index contributed by atoms with van der Waals surface area (Å²) in [7, 11) is 0. The van der Waals surface area contributed by atoms with E-state index in [1.54, 1.807) is 17.1 Å². The third-order valence-corrected chi connectivity index (χ3v) is 4.45. The van der Waals surface area contributed by atoms with E-state index in [2.05, 4.69) is 15.5 Å². The molecule has 10 heteroatoms. The van der Waals surface area contributed by atoms with Crippen molar-refractivity contribution in [3.63, 3.8) is 0 Å². The molecule has 0 saturated heterocycles. The maximum atomic E-state index is 12.3. The minimum absolute atomic E-state index is 0.0210. The van der Waals surface area contributed by atoms with Crippen LogP contribution in [-0.2, 0) is 13.1 Å². The Balaban J connectivity index is 1.72. The Bertz CT molecular complexity index is 1010. The summed E-state index contributed by atoms with van der Waals surface area (Å²) in [5.41, 5.74) is 2.40. The Morgan fingerprint density at radius 2 is 2.11 bits per heavy atom. The second kappa shape index (κ2) is 7.58. The summed E-state index contributed by atoms with van der Waals surface area (Å²) in [6.45, 7) is 5.32. The van der Waals surface area contributed by atoms with E-state index in [9.17, 15) is 14.9 Å². The van der Waals surface area contributed by atoms with Gasteiger partial charge in [-0.1, -0.05) is 11.6 Å². The smallest absolute Gasteiger partial charge is 0.288 e. The molecule has 1 amide bonds. The van der Waals surface area contributed by atoms with Gasteiger partial charge in [-0.2, -0.15) is 10.2 Å². The van der Waals surface area contributed by atoms with Crippen LogP contribution in [0.15, 0.2) is 36.8 Å². The Morgan fingerprint density at radius 3 is 2.78 bits per heavy atom. The highest BCUT2D eigenvalue weighted by molar-refractivity contribution is 6.32. The van der Waals surface area contributed by atoms with Crippen molar-refractivity contribution in [1.82, 2.24) is 19.6 Å². The zero-order valence-electron chi connectivity index (χ0n) is 14.7. The summed E-state index contributed by atoms with van der Waals surface area (Å²) >= 11 is 5.77. The predicted molar refractivity (Wildman–Crippen MR) is 100 cm³/mol. The van der Waals surface area contributed by atoms with E-state index in [1.165, 1.54) is 18.3 Å². The van der Waals surface area contributed by atoms with Gasteiger partial charge in [-0.25, -0.2) is 0 Å². The second-order valence-corrected chi connectivity index (χ2v) is 6.28. The van der Waals surface area contributed by atoms with Crippen LogP contribution in [0.4, 0.5) is 11.4 Å². The fourth-order valence-corrected chi connectivity index (χ4v) is 2.83. The topological polar surface area (TPSA) is 108 Å². The largest absolute Gasteiger partial charge is 0.319 e. The highest BCUT2D eigenvalue weighted by Gasteiger charge is 2.17. The van der Waals surface area contributed by atoms with Crippen molar-refractivity contribution in [2.45, 2.75) is 26.9 Å². The van der Waals surface area contributed by atoms with Gasteiger partial charge in [0.05, 0.1) is 29.5 Å². The van der Waals surface area contributed by atoms with Gasteiger partial charge in [-0.15, -0.1) is 0 Å². The monoisotopic (exact) mass is 388 g/mol. The van der Waals surface area contributed by atoms with Gasteiger partial charge in [0.25, 0.3) is 11.6 Å². The van der Waals surface area contributed by atoms with Crippen LogP contribution in [0.1, 0.15) is 28.5 Å². The average Bonchev–Trinajstić information content (AvgIpc) is 3.22. The molecule has 27 heavy (non-hydrogen) atoms. The minimum atomic E-state index is -0.629. The Morgan fingerprint density at radius 1 is 1.33 bits per heavy atom. The number of carbonyl (C=O) groups excluding carboxylic acids is 1. The molecule has 0 fully saturated rings. The highest BCUT2D eigenvalue weighted by atomic mass is 35.5. The van der Waals surface area contributed by atoms with Crippen LogP contribution in [0, 0.1) is 17.0 Å². The van der Waals surface area contributed by atoms with Crippen molar-refractivity contribution in [2.75, 3.05) is 5.32 Å². The minimum Gasteiger partial charge on any atom is -0.319 e. The van der Waals surface area contributed by atoms with Gasteiger partial charge in [0.2, 0.25) is 0 Å². The normalized spacial score (nSPS) is 10.8. The maximum absolute atomic E-state index is 12.3. The molecule has 2 heterocycles. The lowest BCUT2D eigenvalue weighted by Crippen LogP contribution is -2.11. The number of carbonyl (C=O) groups is 1. The SMILES string of the molecule is CCn1ncc(Cn2cc(NC(=O)c3ccc(Cl)c([N+](=O)[O-])c3)cn2)c1C. The molecule has 0 aliphatic heterocycles. The van der Waals surface area contributed by atoms with E-state index >= 15 is 0 Å². The van der Waals surface area contributed by atoms with Gasteiger partial charge >= 0.3 is 0 Å². The van der Waals surface area contributed by atoms with Crippen molar-refractivity contribution in [1.29, 1.82) is 0 Å². The van der Waals surface area contributed by atoms with Crippen LogP contribution in [0.5, 0.6) is 0 Å².